The van der Waals surface area contributed by atoms with E-state index >= 15 is 0 Å². The van der Waals surface area contributed by atoms with E-state index in [2.05, 4.69) is 11.9 Å². The smallest absolute Gasteiger partial charge is 0.160 e. The highest BCUT2D eigenvalue weighted by atomic mass is 16.1. The number of hydrogen-bond acceptors (Lipinski definition) is 3. The van der Waals surface area contributed by atoms with Gasteiger partial charge in [-0.15, -0.1) is 0 Å². The van der Waals surface area contributed by atoms with Crippen LogP contribution in [0.15, 0.2) is 12.4 Å². The zero-order chi connectivity index (χ0) is 10.9. The van der Waals surface area contributed by atoms with Gasteiger partial charge in [-0.1, -0.05) is 6.92 Å². The molecule has 15 heavy (non-hydrogen) atoms. The molecule has 4 heteroatoms. The van der Waals surface area contributed by atoms with Gasteiger partial charge in [-0.3, -0.25) is 4.79 Å². The first-order valence-corrected chi connectivity index (χ1v) is 5.48. The van der Waals surface area contributed by atoms with Crippen LogP contribution >= 0.6 is 0 Å². The largest absolute Gasteiger partial charge is 0.335 e. The number of aromatic nitrogens is 2. The highest BCUT2D eigenvalue weighted by Crippen LogP contribution is 2.33. The molecule has 1 aromatic heterocycles. The molecule has 1 fully saturated rings. The lowest BCUT2D eigenvalue weighted by Gasteiger charge is -2.08. The first-order valence-electron chi connectivity index (χ1n) is 5.48. The Bertz CT molecular complexity index is 366. The number of Topliss-reactive ketones (excluding diaryl/α,β-unsaturated/α-hetero) is 1. The molecule has 0 bridgehead atoms. The summed E-state index contributed by atoms with van der Waals surface area (Å²) in [5, 5.41) is 0. The van der Waals surface area contributed by atoms with Crippen molar-refractivity contribution in [2.24, 2.45) is 5.73 Å². The monoisotopic (exact) mass is 207 g/mol. The minimum Gasteiger partial charge on any atom is -0.335 e. The molecule has 0 spiro atoms. The molecule has 1 aromatic rings. The standard InChI is InChI=1S/C11H17N3O/c1-2-6-14-7-5-13-10(14)8-9(15)11(12)3-4-11/h5,7H,2-4,6,8,12H2,1H3. The van der Waals surface area contributed by atoms with E-state index in [0.29, 0.717) is 6.42 Å². The van der Waals surface area contributed by atoms with Crippen LogP contribution in [0.1, 0.15) is 32.0 Å². The lowest BCUT2D eigenvalue weighted by Crippen LogP contribution is -2.34. The normalized spacial score (nSPS) is 17.7. The van der Waals surface area contributed by atoms with Crippen molar-refractivity contribution in [3.05, 3.63) is 18.2 Å². The summed E-state index contributed by atoms with van der Waals surface area (Å²) < 4.78 is 2.03. The van der Waals surface area contributed by atoms with Gasteiger partial charge in [0.1, 0.15) is 5.82 Å². The summed E-state index contributed by atoms with van der Waals surface area (Å²) in [6.07, 6.45) is 6.76. The number of imidazole rings is 1. The Labute approximate surface area is 89.5 Å². The third kappa shape index (κ3) is 2.09. The van der Waals surface area contributed by atoms with Gasteiger partial charge in [0, 0.05) is 18.9 Å². The topological polar surface area (TPSA) is 60.9 Å². The van der Waals surface area contributed by atoms with Gasteiger partial charge in [0.2, 0.25) is 0 Å². The van der Waals surface area contributed by atoms with E-state index in [1.54, 1.807) is 6.20 Å². The summed E-state index contributed by atoms with van der Waals surface area (Å²) >= 11 is 0. The van der Waals surface area contributed by atoms with Crippen LogP contribution in [0.5, 0.6) is 0 Å². The maximum Gasteiger partial charge on any atom is 0.160 e. The predicted octanol–water partition coefficient (Wildman–Crippen LogP) is 0.896. The number of aryl methyl sites for hydroxylation is 1. The van der Waals surface area contributed by atoms with Crippen LogP contribution in [-0.2, 0) is 17.8 Å². The van der Waals surface area contributed by atoms with E-state index in [-0.39, 0.29) is 5.78 Å². The van der Waals surface area contributed by atoms with Gasteiger partial charge in [0.15, 0.2) is 5.78 Å². The third-order valence-corrected chi connectivity index (χ3v) is 2.93. The van der Waals surface area contributed by atoms with E-state index in [1.807, 2.05) is 10.8 Å². The molecule has 0 saturated heterocycles. The predicted molar refractivity (Wildman–Crippen MR) is 57.4 cm³/mol. The minimum atomic E-state index is -0.525. The Hall–Kier alpha value is -1.16. The van der Waals surface area contributed by atoms with E-state index < -0.39 is 5.54 Å². The van der Waals surface area contributed by atoms with E-state index in [9.17, 15) is 4.79 Å². The van der Waals surface area contributed by atoms with Crippen molar-refractivity contribution in [1.82, 2.24) is 9.55 Å². The lowest BCUT2D eigenvalue weighted by molar-refractivity contribution is -0.120. The lowest BCUT2D eigenvalue weighted by atomic mass is 10.1. The number of carbonyl (C=O) groups excluding carboxylic acids is 1. The molecule has 1 saturated carbocycles. The molecule has 0 radical (unpaired) electrons. The zero-order valence-electron chi connectivity index (χ0n) is 9.07. The Morgan fingerprint density at radius 2 is 2.40 bits per heavy atom. The zero-order valence-corrected chi connectivity index (χ0v) is 9.07. The van der Waals surface area contributed by atoms with Crippen molar-refractivity contribution in [2.45, 2.75) is 44.7 Å². The molecule has 0 atom stereocenters. The summed E-state index contributed by atoms with van der Waals surface area (Å²) in [4.78, 5) is 16.0. The second-order valence-electron chi connectivity index (χ2n) is 4.29. The molecule has 2 N–H and O–H groups in total. The van der Waals surface area contributed by atoms with E-state index in [1.165, 1.54) is 0 Å². The fourth-order valence-electron chi connectivity index (χ4n) is 1.68. The van der Waals surface area contributed by atoms with Crippen LogP contribution in [0.2, 0.25) is 0 Å². The molecule has 1 aliphatic rings. The second kappa shape index (κ2) is 3.77. The molecular formula is C11H17N3O. The van der Waals surface area contributed by atoms with Crippen molar-refractivity contribution >= 4 is 5.78 Å². The van der Waals surface area contributed by atoms with Crippen LogP contribution in [0.25, 0.3) is 0 Å². The van der Waals surface area contributed by atoms with Gasteiger partial charge in [-0.2, -0.15) is 0 Å². The second-order valence-corrected chi connectivity index (χ2v) is 4.29. The number of nitrogens with two attached hydrogens (primary N) is 1. The van der Waals surface area contributed by atoms with Gasteiger partial charge in [0.05, 0.1) is 12.0 Å². The van der Waals surface area contributed by atoms with Crippen LogP contribution < -0.4 is 5.73 Å². The summed E-state index contributed by atoms with van der Waals surface area (Å²) in [5.41, 5.74) is 5.32. The first kappa shape index (κ1) is 10.4. The maximum atomic E-state index is 11.8. The number of nitrogens with zero attached hydrogens (tertiary/aromatic N) is 2. The molecule has 1 aliphatic carbocycles. The van der Waals surface area contributed by atoms with Crippen LogP contribution in [0, 0.1) is 0 Å². The van der Waals surface area contributed by atoms with Gasteiger partial charge < -0.3 is 10.3 Å². The average Bonchev–Trinajstić information content (AvgIpc) is 2.81. The van der Waals surface area contributed by atoms with Crippen LogP contribution in [0.4, 0.5) is 0 Å². The number of rotatable bonds is 5. The fourth-order valence-corrected chi connectivity index (χ4v) is 1.68. The van der Waals surface area contributed by atoms with Gasteiger partial charge in [0.25, 0.3) is 0 Å². The average molecular weight is 207 g/mol. The highest BCUT2D eigenvalue weighted by Gasteiger charge is 2.45. The molecule has 1 heterocycles. The van der Waals surface area contributed by atoms with Gasteiger partial charge in [-0.05, 0) is 19.3 Å². The first-order chi connectivity index (χ1) is 7.15. The van der Waals surface area contributed by atoms with Crippen molar-refractivity contribution in [3.8, 4) is 0 Å². The van der Waals surface area contributed by atoms with Crippen LogP contribution in [-0.4, -0.2) is 20.9 Å². The Balaban J connectivity index is 2.03. The van der Waals surface area contributed by atoms with Gasteiger partial charge >= 0.3 is 0 Å². The Morgan fingerprint density at radius 1 is 1.67 bits per heavy atom. The van der Waals surface area contributed by atoms with Crippen molar-refractivity contribution in [1.29, 1.82) is 0 Å². The summed E-state index contributed by atoms with van der Waals surface area (Å²) in [7, 11) is 0. The van der Waals surface area contributed by atoms with Crippen molar-refractivity contribution in [3.63, 3.8) is 0 Å². The SMILES string of the molecule is CCCn1ccnc1CC(=O)C1(N)CC1. The van der Waals surface area contributed by atoms with E-state index in [4.69, 9.17) is 5.73 Å². The van der Waals surface area contributed by atoms with Gasteiger partial charge in [-0.25, -0.2) is 4.98 Å². The number of ketones is 1. The van der Waals surface area contributed by atoms with Crippen molar-refractivity contribution in [2.75, 3.05) is 0 Å². The fraction of sp³-hybridized carbons (Fsp3) is 0.636. The molecule has 0 unspecified atom stereocenters. The Morgan fingerprint density at radius 3 is 3.00 bits per heavy atom. The van der Waals surface area contributed by atoms with E-state index in [0.717, 1.165) is 31.6 Å². The molecule has 4 nitrogen and oxygen atoms in total. The molecule has 0 aliphatic heterocycles. The summed E-state index contributed by atoms with van der Waals surface area (Å²) in [6.45, 7) is 3.02. The molecule has 0 amide bonds. The molecule has 82 valence electrons. The molecular weight excluding hydrogens is 190 g/mol. The summed E-state index contributed by atoms with van der Waals surface area (Å²) in [6, 6.07) is 0. The van der Waals surface area contributed by atoms with Crippen LogP contribution in [0.3, 0.4) is 0 Å². The Kier molecular flexibility index (Phi) is 2.61. The highest BCUT2D eigenvalue weighted by molar-refractivity contribution is 5.92. The summed E-state index contributed by atoms with van der Waals surface area (Å²) in [5.74, 6) is 0.977. The maximum absolute atomic E-state index is 11.8. The number of hydrogen-bond donors (Lipinski definition) is 1. The quantitative estimate of drug-likeness (QED) is 0.780. The minimum absolute atomic E-state index is 0.131. The molecule has 0 aromatic carbocycles. The number of carbonyl (C=O) groups is 1. The van der Waals surface area contributed by atoms with Crippen molar-refractivity contribution < 1.29 is 4.79 Å². The third-order valence-electron chi connectivity index (χ3n) is 2.93. The molecule has 2 rings (SSSR count).